The Labute approximate surface area is 490 Å². The van der Waals surface area contributed by atoms with Crippen molar-refractivity contribution in [3.63, 3.8) is 0 Å². The zero-order valence-electron chi connectivity index (χ0n) is 51.3. The van der Waals surface area contributed by atoms with E-state index < -0.39 is 57.8 Å². The van der Waals surface area contributed by atoms with Crippen molar-refractivity contribution in [2.75, 3.05) is 26.4 Å². The molecule has 80 heavy (non-hydrogen) atoms. The van der Waals surface area contributed by atoms with Gasteiger partial charge in [-0.15, -0.1) is 0 Å². The summed E-state index contributed by atoms with van der Waals surface area (Å²) in [6.45, 7) is 4.48. The van der Waals surface area contributed by atoms with Crippen LogP contribution in [0.1, 0.15) is 290 Å². The number of hydrogen-bond donors (Lipinski definition) is 2. The number of esters is 3. The highest BCUT2D eigenvalue weighted by atomic mass is 31.2. The van der Waals surface area contributed by atoms with Gasteiger partial charge in [0, 0.05) is 19.3 Å². The molecule has 11 nitrogen and oxygen atoms in total. The average Bonchev–Trinajstić information content (AvgIpc) is 3.45. The quantitative estimate of drug-likeness (QED) is 0.0197. The molecule has 0 saturated heterocycles. The summed E-state index contributed by atoms with van der Waals surface area (Å²) in [6.07, 6.45) is 72.5. The normalized spacial score (nSPS) is 13.8. The molecule has 0 aliphatic rings. The molecule has 0 saturated carbocycles. The van der Waals surface area contributed by atoms with Gasteiger partial charge in [-0.25, -0.2) is 4.57 Å². The Bertz CT molecular complexity index is 1670. The summed E-state index contributed by atoms with van der Waals surface area (Å²) in [6, 6.07) is 0. The number of carbonyl (C=O) groups excluding carboxylic acids is 3. The van der Waals surface area contributed by atoms with Crippen LogP contribution in [0.3, 0.4) is 0 Å². The summed E-state index contributed by atoms with van der Waals surface area (Å²) in [5.41, 5.74) is 0. The lowest BCUT2D eigenvalue weighted by molar-refractivity contribution is -0.161. The van der Waals surface area contributed by atoms with Crippen LogP contribution in [0.15, 0.2) is 85.1 Å². The van der Waals surface area contributed by atoms with Gasteiger partial charge in [-0.1, -0.05) is 266 Å². The highest BCUT2D eigenvalue weighted by Gasteiger charge is 2.28. The molecule has 3 unspecified atom stereocenters. The first-order valence-corrected chi connectivity index (χ1v) is 34.0. The van der Waals surface area contributed by atoms with Crippen molar-refractivity contribution >= 4 is 25.7 Å². The molecule has 12 heteroatoms. The third kappa shape index (κ3) is 59.3. The minimum Gasteiger partial charge on any atom is -0.462 e. The van der Waals surface area contributed by atoms with Crippen LogP contribution < -0.4 is 0 Å². The molecular weight excluding hydrogens is 1020 g/mol. The second kappa shape index (κ2) is 61.7. The zero-order chi connectivity index (χ0) is 58.3. The maximum absolute atomic E-state index is 13.0. The Morgan fingerprint density at radius 2 is 0.662 bits per heavy atom. The van der Waals surface area contributed by atoms with Crippen LogP contribution in [0, 0.1) is 0 Å². The van der Waals surface area contributed by atoms with Crippen molar-refractivity contribution in [1.82, 2.24) is 0 Å². The average molecular weight is 1140 g/mol. The van der Waals surface area contributed by atoms with Crippen molar-refractivity contribution < 1.29 is 52.2 Å². The predicted octanol–water partition coefficient (Wildman–Crippen LogP) is 19.8. The van der Waals surface area contributed by atoms with Crippen molar-refractivity contribution in [1.29, 1.82) is 0 Å². The Hall–Kier alpha value is -3.34. The Kier molecular flexibility index (Phi) is 59.1. The molecule has 0 aliphatic carbocycles. The van der Waals surface area contributed by atoms with Gasteiger partial charge in [0.25, 0.3) is 0 Å². The van der Waals surface area contributed by atoms with E-state index in [4.69, 9.17) is 23.3 Å². The lowest BCUT2D eigenvalue weighted by atomic mass is 10.0. The fraction of sp³-hybridized carbons (Fsp3) is 0.750. The molecule has 0 rings (SSSR count). The van der Waals surface area contributed by atoms with Gasteiger partial charge in [0.2, 0.25) is 0 Å². The molecule has 0 fully saturated rings. The summed E-state index contributed by atoms with van der Waals surface area (Å²) < 4.78 is 39.6. The monoisotopic (exact) mass is 1140 g/mol. The summed E-state index contributed by atoms with van der Waals surface area (Å²) in [5.74, 6) is -1.53. The SMILES string of the molecule is CC/C=C\C/C=C\C/C=C\C/C=C\C/C=C\CCCC(=O)OCC(COP(=O)(O)OCC(CO)OC(=O)CCCCCCCCC/C=C\C/C=C\CCCCC)OC(=O)CCCCCCCCCCCCCCCCCCCCC. The van der Waals surface area contributed by atoms with Crippen molar-refractivity contribution in [2.45, 2.75) is 303 Å². The summed E-state index contributed by atoms with van der Waals surface area (Å²) in [5, 5.41) is 9.85. The van der Waals surface area contributed by atoms with Gasteiger partial charge in [-0.05, 0) is 89.9 Å². The number of phosphoric ester groups is 1. The van der Waals surface area contributed by atoms with E-state index in [1.165, 1.54) is 135 Å². The fourth-order valence-electron chi connectivity index (χ4n) is 8.89. The minimum absolute atomic E-state index is 0.147. The van der Waals surface area contributed by atoms with Crippen molar-refractivity contribution in [3.05, 3.63) is 85.1 Å². The summed E-state index contributed by atoms with van der Waals surface area (Å²) in [7, 11) is -4.77. The summed E-state index contributed by atoms with van der Waals surface area (Å²) in [4.78, 5) is 48.7. The standard InChI is InChI=1S/C68H119O11P/c1-4-7-10-13-16-19-22-25-28-31-32-35-38-41-44-47-50-53-56-59-68(72)79-65(61-75-66(70)57-54-51-48-45-42-39-36-33-29-26-23-20-17-14-11-8-5-2)63-77-80(73,74)76-62-64(60-69)78-67(71)58-55-52-49-46-43-40-37-34-30-27-24-21-18-15-12-9-6-3/h8,11,17-18,20-21,26-27,29-30,36,39,45,48,64-65,69H,4-7,9-10,12-16,19,22-25,28,31-35,37-38,40-44,46-47,49-63H2,1-3H3,(H,73,74)/b11-8-,20-17-,21-18-,29-26-,30-27-,39-36-,48-45-. The molecule has 0 radical (unpaired) electrons. The molecular formula is C68H119O11P. The number of carbonyl (C=O) groups is 3. The van der Waals surface area contributed by atoms with Gasteiger partial charge in [0.1, 0.15) is 12.7 Å². The maximum Gasteiger partial charge on any atom is 0.472 e. The van der Waals surface area contributed by atoms with Gasteiger partial charge in [-0.3, -0.25) is 23.4 Å². The molecule has 0 heterocycles. The molecule has 0 aliphatic heterocycles. The van der Waals surface area contributed by atoms with E-state index in [9.17, 15) is 28.9 Å². The Balaban J connectivity index is 4.75. The van der Waals surface area contributed by atoms with Gasteiger partial charge >= 0.3 is 25.7 Å². The number of ether oxygens (including phenoxy) is 3. The van der Waals surface area contributed by atoms with E-state index in [1.54, 1.807) is 0 Å². The number of aliphatic hydroxyl groups excluding tert-OH is 1. The van der Waals surface area contributed by atoms with E-state index in [0.717, 1.165) is 89.9 Å². The van der Waals surface area contributed by atoms with Crippen LogP contribution in [0.4, 0.5) is 0 Å². The van der Waals surface area contributed by atoms with Crippen LogP contribution in [0.25, 0.3) is 0 Å². The van der Waals surface area contributed by atoms with Gasteiger partial charge in [0.05, 0.1) is 19.8 Å². The van der Waals surface area contributed by atoms with Crippen molar-refractivity contribution in [3.8, 4) is 0 Å². The number of aliphatic hydroxyl groups is 1. The molecule has 0 bridgehead atoms. The fourth-order valence-corrected chi connectivity index (χ4v) is 9.68. The van der Waals surface area contributed by atoms with E-state index >= 15 is 0 Å². The lowest BCUT2D eigenvalue weighted by Crippen LogP contribution is -2.30. The topological polar surface area (TPSA) is 155 Å². The van der Waals surface area contributed by atoms with Crippen LogP contribution in [-0.2, 0) is 42.2 Å². The van der Waals surface area contributed by atoms with Gasteiger partial charge in [0.15, 0.2) is 6.10 Å². The molecule has 0 aromatic carbocycles. The highest BCUT2D eigenvalue weighted by molar-refractivity contribution is 7.47. The number of unbranched alkanes of at least 4 members (excludes halogenated alkanes) is 29. The lowest BCUT2D eigenvalue weighted by Gasteiger charge is -2.21. The van der Waals surface area contributed by atoms with Crippen LogP contribution in [0.5, 0.6) is 0 Å². The molecule has 2 N–H and O–H groups in total. The molecule has 3 atom stereocenters. The smallest absolute Gasteiger partial charge is 0.462 e. The predicted molar refractivity (Wildman–Crippen MR) is 334 cm³/mol. The molecule has 0 aromatic rings. The molecule has 462 valence electrons. The maximum atomic E-state index is 13.0. The van der Waals surface area contributed by atoms with Crippen molar-refractivity contribution in [2.24, 2.45) is 0 Å². The van der Waals surface area contributed by atoms with E-state index in [2.05, 4.69) is 99.8 Å². The third-order valence-electron chi connectivity index (χ3n) is 13.8. The summed E-state index contributed by atoms with van der Waals surface area (Å²) >= 11 is 0. The second-order valence-corrected chi connectivity index (χ2v) is 23.0. The molecule has 0 spiro atoms. The number of hydrogen-bond acceptors (Lipinski definition) is 10. The first-order chi connectivity index (χ1) is 39.2. The second-order valence-electron chi connectivity index (χ2n) is 21.6. The van der Waals surface area contributed by atoms with Gasteiger partial charge in [-0.2, -0.15) is 0 Å². The molecule has 0 amide bonds. The minimum atomic E-state index is -4.77. The van der Waals surface area contributed by atoms with E-state index in [-0.39, 0.29) is 25.9 Å². The number of rotatable bonds is 60. The first kappa shape index (κ1) is 76.7. The first-order valence-electron chi connectivity index (χ1n) is 32.5. The van der Waals surface area contributed by atoms with Crippen LogP contribution in [-0.4, -0.2) is 66.5 Å². The van der Waals surface area contributed by atoms with Gasteiger partial charge < -0.3 is 24.2 Å². The number of allylic oxidation sites excluding steroid dienone is 14. The molecule has 0 aromatic heterocycles. The highest BCUT2D eigenvalue weighted by Crippen LogP contribution is 2.43. The van der Waals surface area contributed by atoms with Crippen LogP contribution >= 0.6 is 7.82 Å². The van der Waals surface area contributed by atoms with E-state index in [0.29, 0.717) is 25.7 Å². The Morgan fingerprint density at radius 1 is 0.362 bits per heavy atom. The van der Waals surface area contributed by atoms with E-state index in [1.807, 2.05) is 6.08 Å². The third-order valence-corrected chi connectivity index (χ3v) is 14.8. The largest absolute Gasteiger partial charge is 0.472 e. The number of phosphoric acid groups is 1. The zero-order valence-corrected chi connectivity index (χ0v) is 52.2. The van der Waals surface area contributed by atoms with Crippen LogP contribution in [0.2, 0.25) is 0 Å². The Morgan fingerprint density at radius 3 is 1.06 bits per heavy atom.